The molecule has 0 N–H and O–H groups in total. The van der Waals surface area contributed by atoms with Gasteiger partial charge < -0.3 is 14.1 Å². The number of pyridine rings is 1. The molecule has 1 fully saturated rings. The van der Waals surface area contributed by atoms with E-state index in [0.717, 1.165) is 6.29 Å². The summed E-state index contributed by atoms with van der Waals surface area (Å²) in [5.74, 6) is 0. The van der Waals surface area contributed by atoms with Gasteiger partial charge in [-0.2, -0.15) is 5.26 Å². The van der Waals surface area contributed by atoms with Gasteiger partial charge in [0.25, 0.3) is 0 Å². The third-order valence-corrected chi connectivity index (χ3v) is 3.95. The number of nitriles is 1. The molecule has 1 aliphatic heterocycles. The van der Waals surface area contributed by atoms with Gasteiger partial charge in [-0.1, -0.05) is 0 Å². The summed E-state index contributed by atoms with van der Waals surface area (Å²) in [7, 11) is -0.574. The van der Waals surface area contributed by atoms with Gasteiger partial charge in [0.2, 0.25) is 0 Å². The van der Waals surface area contributed by atoms with Crippen LogP contribution in [0.1, 0.15) is 39.0 Å². The van der Waals surface area contributed by atoms with Crippen molar-refractivity contribution in [3.8, 4) is 6.07 Å². The minimum Gasteiger partial charge on any atom is -0.399 e. The summed E-state index contributed by atoms with van der Waals surface area (Å²) in [5.41, 5.74) is 0.788. The van der Waals surface area contributed by atoms with Crippen LogP contribution in [0.15, 0.2) is 12.3 Å². The summed E-state index contributed by atoms with van der Waals surface area (Å²) >= 11 is 0. The van der Waals surface area contributed by atoms with E-state index in [2.05, 4.69) is 4.98 Å². The van der Waals surface area contributed by atoms with Crippen LogP contribution >= 0.6 is 0 Å². The highest BCUT2D eigenvalue weighted by Crippen LogP contribution is 2.36. The molecule has 0 aliphatic carbocycles. The Hall–Kier alpha value is -1.71. The number of nitrogens with zero attached hydrogens (tertiary/aromatic N) is 2. The Bertz CT molecular complexity index is 562. The topological polar surface area (TPSA) is 72.2 Å². The molecule has 2 heterocycles. The van der Waals surface area contributed by atoms with E-state index in [1.54, 1.807) is 12.3 Å². The Morgan fingerprint density at radius 1 is 1.35 bits per heavy atom. The van der Waals surface area contributed by atoms with Crippen molar-refractivity contribution in [2.24, 2.45) is 0 Å². The summed E-state index contributed by atoms with van der Waals surface area (Å²) < 4.78 is 11.9. The van der Waals surface area contributed by atoms with Crippen LogP contribution in [0, 0.1) is 11.3 Å². The Morgan fingerprint density at radius 2 is 1.95 bits per heavy atom. The first-order chi connectivity index (χ1) is 9.30. The van der Waals surface area contributed by atoms with E-state index in [9.17, 15) is 4.79 Å². The molecule has 2 rings (SSSR count). The molecule has 20 heavy (non-hydrogen) atoms. The van der Waals surface area contributed by atoms with Crippen molar-refractivity contribution in [3.05, 3.63) is 23.5 Å². The van der Waals surface area contributed by atoms with Gasteiger partial charge in [-0.05, 0) is 39.3 Å². The van der Waals surface area contributed by atoms with Crippen LogP contribution < -0.4 is 5.46 Å². The molecule has 1 saturated heterocycles. The van der Waals surface area contributed by atoms with E-state index < -0.39 is 18.3 Å². The maximum Gasteiger partial charge on any atom is 0.496 e. The smallest absolute Gasteiger partial charge is 0.399 e. The molecule has 0 radical (unpaired) electrons. The number of carbonyl (C=O) groups excluding carboxylic acids is 1. The largest absolute Gasteiger partial charge is 0.496 e. The van der Waals surface area contributed by atoms with Gasteiger partial charge in [-0.25, -0.2) is 4.98 Å². The number of hydrogen-bond donors (Lipinski definition) is 0. The molecule has 0 bridgehead atoms. The number of rotatable bonds is 3. The third-order valence-electron chi connectivity index (χ3n) is 3.95. The highest BCUT2D eigenvalue weighted by atomic mass is 16.7. The fraction of sp³-hybridized carbons (Fsp3) is 0.500. The quantitative estimate of drug-likeness (QED) is 0.606. The molecule has 1 aromatic rings. The van der Waals surface area contributed by atoms with Crippen LogP contribution in [-0.4, -0.2) is 29.6 Å². The van der Waals surface area contributed by atoms with Gasteiger partial charge in [0.05, 0.1) is 11.2 Å². The Morgan fingerprint density at radius 3 is 2.45 bits per heavy atom. The summed E-state index contributed by atoms with van der Waals surface area (Å²) in [5, 5.41) is 8.89. The molecule has 0 amide bonds. The second-order valence-corrected chi connectivity index (χ2v) is 5.84. The van der Waals surface area contributed by atoms with Crippen molar-refractivity contribution in [2.75, 3.05) is 0 Å². The zero-order valence-corrected chi connectivity index (χ0v) is 12.1. The second-order valence-electron chi connectivity index (χ2n) is 5.84. The van der Waals surface area contributed by atoms with Crippen LogP contribution in [-0.2, 0) is 20.5 Å². The average Bonchev–Trinajstić information content (AvgIpc) is 2.58. The minimum atomic E-state index is -0.574. The van der Waals surface area contributed by atoms with Crippen molar-refractivity contribution in [1.29, 1.82) is 5.26 Å². The SMILES string of the molecule is CC1(C)OB(c2cnc(C#N)cc2CC=O)OC1(C)C. The van der Waals surface area contributed by atoms with Gasteiger partial charge in [-0.3, -0.25) is 0 Å². The lowest BCUT2D eigenvalue weighted by Crippen LogP contribution is -2.41. The maximum absolute atomic E-state index is 10.8. The molecule has 5 nitrogen and oxygen atoms in total. The van der Waals surface area contributed by atoms with Gasteiger partial charge >= 0.3 is 7.12 Å². The van der Waals surface area contributed by atoms with Gasteiger partial charge in [0.1, 0.15) is 18.0 Å². The van der Waals surface area contributed by atoms with Crippen LogP contribution in [0.5, 0.6) is 0 Å². The first-order valence-electron chi connectivity index (χ1n) is 6.49. The highest BCUT2D eigenvalue weighted by molar-refractivity contribution is 6.62. The normalized spacial score (nSPS) is 19.6. The van der Waals surface area contributed by atoms with Crippen molar-refractivity contribution >= 4 is 18.9 Å². The van der Waals surface area contributed by atoms with Crippen molar-refractivity contribution in [1.82, 2.24) is 4.98 Å². The van der Waals surface area contributed by atoms with Gasteiger partial charge in [-0.15, -0.1) is 0 Å². The number of aldehydes is 1. The van der Waals surface area contributed by atoms with Crippen molar-refractivity contribution in [2.45, 2.75) is 45.3 Å². The summed E-state index contributed by atoms with van der Waals surface area (Å²) in [6.07, 6.45) is 2.56. The monoisotopic (exact) mass is 272 g/mol. The van der Waals surface area contributed by atoms with Crippen molar-refractivity contribution < 1.29 is 14.1 Å². The van der Waals surface area contributed by atoms with Crippen LogP contribution in [0.4, 0.5) is 0 Å². The minimum absolute atomic E-state index is 0.205. The molecule has 0 spiro atoms. The molecule has 104 valence electrons. The molecular formula is C14H17BN2O3. The molecule has 0 saturated carbocycles. The molecular weight excluding hydrogens is 255 g/mol. The summed E-state index contributed by atoms with van der Waals surface area (Å²) in [6.45, 7) is 7.85. The molecule has 6 heteroatoms. The van der Waals surface area contributed by atoms with E-state index in [0.29, 0.717) is 11.0 Å². The first kappa shape index (κ1) is 14.7. The molecule has 0 aromatic carbocycles. The van der Waals surface area contributed by atoms with E-state index in [1.807, 2.05) is 33.8 Å². The van der Waals surface area contributed by atoms with Gasteiger partial charge in [0, 0.05) is 18.1 Å². The van der Waals surface area contributed by atoms with Crippen LogP contribution in [0.2, 0.25) is 0 Å². The van der Waals surface area contributed by atoms with Crippen LogP contribution in [0.25, 0.3) is 0 Å². The number of aromatic nitrogens is 1. The standard InChI is InChI=1S/C14H17BN2O3/c1-13(2)14(3,4)20-15(19-13)12-9-17-11(8-16)7-10(12)5-6-18/h6-7,9H,5H2,1-4H3. The molecule has 1 aliphatic rings. The van der Waals surface area contributed by atoms with Crippen LogP contribution in [0.3, 0.4) is 0 Å². The Kier molecular flexibility index (Phi) is 3.68. The summed E-state index contributed by atoms with van der Waals surface area (Å²) in [4.78, 5) is 14.9. The Balaban J connectivity index is 2.39. The number of carbonyl (C=O) groups is 1. The predicted octanol–water partition coefficient (Wildman–Crippen LogP) is 0.994. The Labute approximate surface area is 119 Å². The highest BCUT2D eigenvalue weighted by Gasteiger charge is 2.52. The third kappa shape index (κ3) is 2.47. The summed E-state index contributed by atoms with van der Waals surface area (Å²) in [6, 6.07) is 3.57. The molecule has 0 atom stereocenters. The first-order valence-corrected chi connectivity index (χ1v) is 6.49. The second kappa shape index (κ2) is 5.00. The van der Waals surface area contributed by atoms with E-state index in [-0.39, 0.29) is 12.1 Å². The lowest BCUT2D eigenvalue weighted by molar-refractivity contribution is -0.107. The lowest BCUT2D eigenvalue weighted by atomic mass is 9.76. The van der Waals surface area contributed by atoms with E-state index in [1.165, 1.54) is 0 Å². The predicted molar refractivity (Wildman–Crippen MR) is 74.4 cm³/mol. The molecule has 0 unspecified atom stereocenters. The number of hydrogen-bond acceptors (Lipinski definition) is 5. The van der Waals surface area contributed by atoms with E-state index >= 15 is 0 Å². The molecule has 1 aromatic heterocycles. The average molecular weight is 272 g/mol. The lowest BCUT2D eigenvalue weighted by Gasteiger charge is -2.32. The fourth-order valence-corrected chi connectivity index (χ4v) is 2.02. The maximum atomic E-state index is 10.8. The zero-order valence-electron chi connectivity index (χ0n) is 12.1. The fourth-order valence-electron chi connectivity index (χ4n) is 2.02. The van der Waals surface area contributed by atoms with Gasteiger partial charge in [0.15, 0.2) is 0 Å². The zero-order chi connectivity index (χ0) is 15.0. The van der Waals surface area contributed by atoms with E-state index in [4.69, 9.17) is 14.6 Å². The van der Waals surface area contributed by atoms with Crippen molar-refractivity contribution in [3.63, 3.8) is 0 Å².